The van der Waals surface area contributed by atoms with Gasteiger partial charge in [-0.1, -0.05) is 52.3 Å². The quantitative estimate of drug-likeness (QED) is 0.304. The van der Waals surface area contributed by atoms with Crippen molar-refractivity contribution < 1.29 is 19.3 Å². The number of hydrogen-bond acceptors (Lipinski definition) is 6. The lowest BCUT2D eigenvalue weighted by Crippen LogP contribution is -2.37. The van der Waals surface area contributed by atoms with Crippen molar-refractivity contribution in [2.75, 3.05) is 34.5 Å². The first-order chi connectivity index (χ1) is 17.4. The molecule has 2 atom stereocenters. The number of pyridine rings is 1. The lowest BCUT2D eigenvalue weighted by molar-refractivity contribution is 0.00377. The minimum absolute atomic E-state index is 0.182. The molecule has 0 saturated carbocycles. The molecule has 5 rings (SSSR count). The van der Waals surface area contributed by atoms with Gasteiger partial charge in [0.2, 0.25) is 12.7 Å². The normalized spacial score (nSPS) is 15.2. The molecule has 1 unspecified atom stereocenters. The van der Waals surface area contributed by atoms with E-state index in [-0.39, 0.29) is 6.79 Å². The van der Waals surface area contributed by atoms with Crippen molar-refractivity contribution in [1.82, 2.24) is 9.88 Å². The number of fused-ring (bicyclic) bond motifs is 2. The summed E-state index contributed by atoms with van der Waals surface area (Å²) in [6.07, 6.45) is 0.489. The lowest BCUT2D eigenvalue weighted by Gasteiger charge is -2.39. The zero-order valence-electron chi connectivity index (χ0n) is 20.6. The van der Waals surface area contributed by atoms with E-state index in [1.165, 1.54) is 0 Å². The third-order valence-corrected chi connectivity index (χ3v) is 7.19. The van der Waals surface area contributed by atoms with Gasteiger partial charge in [-0.3, -0.25) is 0 Å². The lowest BCUT2D eigenvalue weighted by atomic mass is 9.71. The highest BCUT2D eigenvalue weighted by atomic mass is 79.9. The van der Waals surface area contributed by atoms with Gasteiger partial charge in [0, 0.05) is 27.9 Å². The van der Waals surface area contributed by atoms with Gasteiger partial charge in [-0.25, -0.2) is 4.98 Å². The number of ether oxygens (including phenoxy) is 3. The van der Waals surface area contributed by atoms with E-state index in [1.54, 1.807) is 7.11 Å². The Balaban J connectivity index is 1.78. The zero-order chi connectivity index (χ0) is 25.3. The molecule has 1 aliphatic heterocycles. The Hall–Kier alpha value is -3.13. The first-order valence-electron chi connectivity index (χ1n) is 11.9. The Kier molecular flexibility index (Phi) is 6.88. The van der Waals surface area contributed by atoms with E-state index in [9.17, 15) is 5.11 Å². The van der Waals surface area contributed by atoms with Crippen LogP contribution in [-0.2, 0) is 5.60 Å². The molecular formula is C29H29BrN2O4. The zero-order valence-corrected chi connectivity index (χ0v) is 22.2. The number of benzene rings is 3. The molecule has 1 N–H and O–H groups in total. The van der Waals surface area contributed by atoms with Gasteiger partial charge in [-0.2, -0.15) is 0 Å². The third kappa shape index (κ3) is 4.66. The fourth-order valence-corrected chi connectivity index (χ4v) is 5.28. The second-order valence-corrected chi connectivity index (χ2v) is 10.2. The van der Waals surface area contributed by atoms with Crippen LogP contribution in [0.2, 0.25) is 0 Å². The van der Waals surface area contributed by atoms with E-state index >= 15 is 0 Å². The van der Waals surface area contributed by atoms with E-state index in [4.69, 9.17) is 19.2 Å². The van der Waals surface area contributed by atoms with Gasteiger partial charge < -0.3 is 24.2 Å². The van der Waals surface area contributed by atoms with Crippen molar-refractivity contribution in [3.8, 4) is 17.4 Å². The molecule has 0 spiro atoms. The minimum atomic E-state index is -1.27. The Morgan fingerprint density at radius 3 is 2.56 bits per heavy atom. The molecule has 0 radical (unpaired) electrons. The van der Waals surface area contributed by atoms with E-state index in [0.29, 0.717) is 30.3 Å². The van der Waals surface area contributed by atoms with E-state index in [2.05, 4.69) is 26.9 Å². The summed E-state index contributed by atoms with van der Waals surface area (Å²) in [5, 5.41) is 13.7. The van der Waals surface area contributed by atoms with Crippen molar-refractivity contribution in [2.24, 2.45) is 0 Å². The topological polar surface area (TPSA) is 64.0 Å². The highest BCUT2D eigenvalue weighted by Crippen LogP contribution is 2.49. The predicted octanol–water partition coefficient (Wildman–Crippen LogP) is 5.71. The number of rotatable bonds is 8. The summed E-state index contributed by atoms with van der Waals surface area (Å²) in [5.74, 6) is 1.34. The standard InChI is InChI=1S/C29H29BrN2O4/c1-32(2)14-13-29(33,21-7-5-4-6-8-21)27(19-9-12-25-26(17-19)36-18-35-25)23-16-20-15-22(30)10-11-24(20)31-28(23)34-3/h4-12,15-17,27,33H,13-14,18H2,1-3H3/t27-,29?/m1/s1. The van der Waals surface area contributed by atoms with Crippen LogP contribution >= 0.6 is 15.9 Å². The highest BCUT2D eigenvalue weighted by molar-refractivity contribution is 9.10. The summed E-state index contributed by atoms with van der Waals surface area (Å²) in [4.78, 5) is 6.92. The smallest absolute Gasteiger partial charge is 0.231 e. The summed E-state index contributed by atoms with van der Waals surface area (Å²) in [6, 6.07) is 23.7. The molecule has 3 aromatic carbocycles. The first-order valence-corrected chi connectivity index (χ1v) is 12.6. The van der Waals surface area contributed by atoms with Crippen LogP contribution in [0.5, 0.6) is 17.4 Å². The monoisotopic (exact) mass is 548 g/mol. The molecule has 186 valence electrons. The summed E-state index contributed by atoms with van der Waals surface area (Å²) < 4.78 is 18.1. The number of aliphatic hydroxyl groups is 1. The fourth-order valence-electron chi connectivity index (χ4n) is 4.90. The van der Waals surface area contributed by atoms with Crippen LogP contribution in [0, 0.1) is 0 Å². The second-order valence-electron chi connectivity index (χ2n) is 9.31. The van der Waals surface area contributed by atoms with E-state index in [1.807, 2.05) is 80.8 Å². The van der Waals surface area contributed by atoms with Gasteiger partial charge in [-0.15, -0.1) is 0 Å². The average Bonchev–Trinajstić information content (AvgIpc) is 3.36. The third-order valence-electron chi connectivity index (χ3n) is 6.70. The van der Waals surface area contributed by atoms with Crippen LogP contribution in [0.25, 0.3) is 10.9 Å². The van der Waals surface area contributed by atoms with Gasteiger partial charge in [-0.05, 0) is 68.0 Å². The molecule has 7 heteroatoms. The maximum absolute atomic E-state index is 12.7. The molecule has 0 saturated heterocycles. The molecule has 0 amide bonds. The van der Waals surface area contributed by atoms with Crippen molar-refractivity contribution in [3.63, 3.8) is 0 Å². The molecule has 2 heterocycles. The SMILES string of the molecule is COc1nc2ccc(Br)cc2cc1[C@@H](c1ccc2c(c1)OCO2)C(O)(CCN(C)C)c1ccccc1. The molecule has 6 nitrogen and oxygen atoms in total. The van der Waals surface area contributed by atoms with Gasteiger partial charge in [0.25, 0.3) is 0 Å². The molecule has 1 aromatic heterocycles. The Morgan fingerprint density at radius 2 is 1.81 bits per heavy atom. The maximum atomic E-state index is 12.7. The fraction of sp³-hybridized carbons (Fsp3) is 0.276. The van der Waals surface area contributed by atoms with Crippen LogP contribution in [0.15, 0.2) is 77.3 Å². The Morgan fingerprint density at radius 1 is 1.03 bits per heavy atom. The van der Waals surface area contributed by atoms with Gasteiger partial charge in [0.1, 0.15) is 5.60 Å². The number of aromatic nitrogens is 1. The van der Waals surface area contributed by atoms with Crippen molar-refractivity contribution in [2.45, 2.75) is 17.9 Å². The number of hydrogen-bond donors (Lipinski definition) is 1. The van der Waals surface area contributed by atoms with E-state index in [0.717, 1.165) is 32.1 Å². The average molecular weight is 549 g/mol. The minimum Gasteiger partial charge on any atom is -0.481 e. The van der Waals surface area contributed by atoms with Gasteiger partial charge in [0.05, 0.1) is 12.6 Å². The van der Waals surface area contributed by atoms with Crippen molar-refractivity contribution in [1.29, 1.82) is 0 Å². The molecule has 0 aliphatic carbocycles. The van der Waals surface area contributed by atoms with Crippen molar-refractivity contribution in [3.05, 3.63) is 94.0 Å². The van der Waals surface area contributed by atoms with Gasteiger partial charge in [0.15, 0.2) is 11.5 Å². The number of nitrogens with zero attached hydrogens (tertiary/aromatic N) is 2. The maximum Gasteiger partial charge on any atom is 0.231 e. The van der Waals surface area contributed by atoms with Crippen LogP contribution in [-0.4, -0.2) is 49.5 Å². The van der Waals surface area contributed by atoms with E-state index < -0.39 is 11.5 Å². The van der Waals surface area contributed by atoms with Crippen molar-refractivity contribution >= 4 is 26.8 Å². The summed E-state index contributed by atoms with van der Waals surface area (Å²) >= 11 is 3.58. The highest BCUT2D eigenvalue weighted by Gasteiger charge is 2.42. The van der Waals surface area contributed by atoms with Crippen LogP contribution < -0.4 is 14.2 Å². The predicted molar refractivity (Wildman–Crippen MR) is 144 cm³/mol. The molecular weight excluding hydrogens is 520 g/mol. The van der Waals surface area contributed by atoms with Crippen LogP contribution in [0.3, 0.4) is 0 Å². The summed E-state index contributed by atoms with van der Waals surface area (Å²) in [6.45, 7) is 0.864. The number of halogens is 1. The molecule has 36 heavy (non-hydrogen) atoms. The summed E-state index contributed by atoms with van der Waals surface area (Å²) in [5.41, 5.74) is 2.06. The Bertz CT molecular complexity index is 1380. The van der Waals surface area contributed by atoms with Crippen LogP contribution in [0.4, 0.5) is 0 Å². The second kappa shape index (κ2) is 10.1. The first kappa shape index (κ1) is 24.6. The molecule has 0 fully saturated rings. The van der Waals surface area contributed by atoms with Gasteiger partial charge >= 0.3 is 0 Å². The van der Waals surface area contributed by atoms with Crippen LogP contribution in [0.1, 0.15) is 29.0 Å². The molecule has 1 aliphatic rings. The summed E-state index contributed by atoms with van der Waals surface area (Å²) in [7, 11) is 5.64. The molecule has 0 bridgehead atoms. The Labute approximate surface area is 219 Å². The largest absolute Gasteiger partial charge is 0.481 e. The number of methoxy groups -OCH3 is 1. The molecule has 4 aromatic rings.